The third kappa shape index (κ3) is 3.88. The fraction of sp³-hybridized carbons (Fsp3) is 0.600. The number of aliphatic hydroxyl groups is 1. The topological polar surface area (TPSA) is 84.3 Å². The largest absolute Gasteiger partial charge is 0.407 e. The van der Waals surface area contributed by atoms with E-state index in [1.807, 2.05) is 0 Å². The molecule has 19 heavy (non-hydrogen) atoms. The van der Waals surface area contributed by atoms with Crippen LogP contribution in [-0.4, -0.2) is 56.8 Å². The van der Waals surface area contributed by atoms with Crippen molar-refractivity contribution in [3.63, 3.8) is 0 Å². The zero-order chi connectivity index (χ0) is 14.8. The van der Waals surface area contributed by atoms with Crippen LogP contribution in [0.4, 0.5) is 0 Å². The maximum atomic E-state index is 11.6. The van der Waals surface area contributed by atoms with E-state index in [-0.39, 0.29) is 11.9 Å². The summed E-state index contributed by atoms with van der Waals surface area (Å²) in [5.74, 6) is 0. The SMILES string of the molecule is [B]c1cn(C(C)CC(OC)C([B])([B])O)c(=O)[nH]c1=O. The van der Waals surface area contributed by atoms with Gasteiger partial charge in [0.15, 0.2) is 0 Å². The molecule has 0 aromatic carbocycles. The predicted molar refractivity (Wildman–Crippen MR) is 73.3 cm³/mol. The molecule has 0 amide bonds. The van der Waals surface area contributed by atoms with Gasteiger partial charge in [0.25, 0.3) is 0 Å². The van der Waals surface area contributed by atoms with Crippen LogP contribution in [0.1, 0.15) is 19.4 Å². The van der Waals surface area contributed by atoms with Gasteiger partial charge < -0.3 is 9.84 Å². The third-order valence-corrected chi connectivity index (χ3v) is 2.83. The highest BCUT2D eigenvalue weighted by Gasteiger charge is 2.27. The van der Waals surface area contributed by atoms with E-state index < -0.39 is 28.8 Å². The van der Waals surface area contributed by atoms with Gasteiger partial charge in [-0.05, 0) is 18.8 Å². The van der Waals surface area contributed by atoms with Crippen LogP contribution in [-0.2, 0) is 4.74 Å². The lowest BCUT2D eigenvalue weighted by Crippen LogP contribution is -2.47. The monoisotopic (exact) mass is 258 g/mol. The van der Waals surface area contributed by atoms with Gasteiger partial charge in [-0.3, -0.25) is 14.3 Å². The zero-order valence-electron chi connectivity index (χ0n) is 10.8. The quantitative estimate of drug-likeness (QED) is 0.562. The van der Waals surface area contributed by atoms with Gasteiger partial charge in [-0.25, -0.2) is 4.79 Å². The van der Waals surface area contributed by atoms with Crippen LogP contribution in [0.25, 0.3) is 0 Å². The fourth-order valence-corrected chi connectivity index (χ4v) is 1.73. The first-order valence-corrected chi connectivity index (χ1v) is 5.60. The first-order valence-electron chi connectivity index (χ1n) is 5.60. The van der Waals surface area contributed by atoms with Gasteiger partial charge in [0.05, 0.1) is 6.10 Å². The summed E-state index contributed by atoms with van der Waals surface area (Å²) in [7, 11) is 17.5. The van der Waals surface area contributed by atoms with Crippen molar-refractivity contribution < 1.29 is 9.84 Å². The Balaban J connectivity index is 3.02. The van der Waals surface area contributed by atoms with Crippen molar-refractivity contribution in [1.29, 1.82) is 0 Å². The Morgan fingerprint density at radius 3 is 2.58 bits per heavy atom. The zero-order valence-corrected chi connectivity index (χ0v) is 10.8. The van der Waals surface area contributed by atoms with Gasteiger partial charge in [-0.15, -0.1) is 0 Å². The summed E-state index contributed by atoms with van der Waals surface area (Å²) >= 11 is 0. The Labute approximate surface area is 114 Å². The van der Waals surface area contributed by atoms with Crippen molar-refractivity contribution in [2.45, 2.75) is 30.9 Å². The molecule has 2 N–H and O–H groups in total. The Morgan fingerprint density at radius 2 is 2.11 bits per heavy atom. The second-order valence-corrected chi connectivity index (χ2v) is 4.45. The number of hydrogen-bond donors (Lipinski definition) is 2. The molecule has 6 nitrogen and oxygen atoms in total. The average Bonchev–Trinajstić information content (AvgIpc) is 2.28. The van der Waals surface area contributed by atoms with Gasteiger partial charge in [0.1, 0.15) is 23.5 Å². The number of hydrogen-bond acceptors (Lipinski definition) is 4. The van der Waals surface area contributed by atoms with Gasteiger partial charge in [-0.1, -0.05) is 0 Å². The summed E-state index contributed by atoms with van der Waals surface area (Å²) in [6.07, 6.45) is 0.498. The standard InChI is InChI=1S/C10H13B3N2O4/c1-5(3-7(19-2)10(12,13)18)15-4-6(11)8(16)14-9(15)17/h4-5,7,18H,3H2,1-2H3,(H,14,16,17). The van der Waals surface area contributed by atoms with Crippen molar-refractivity contribution in [1.82, 2.24) is 9.55 Å². The van der Waals surface area contributed by atoms with E-state index >= 15 is 0 Å². The number of rotatable bonds is 5. The molecule has 0 fully saturated rings. The van der Waals surface area contributed by atoms with E-state index in [9.17, 15) is 14.7 Å². The maximum Gasteiger partial charge on any atom is 0.328 e. The Kier molecular flexibility index (Phi) is 4.87. The number of aromatic nitrogens is 2. The summed E-state index contributed by atoms with van der Waals surface area (Å²) in [5.41, 5.74) is -1.35. The number of aromatic amines is 1. The van der Waals surface area contributed by atoms with Crippen molar-refractivity contribution >= 4 is 29.0 Å². The number of nitrogens with zero attached hydrogens (tertiary/aromatic N) is 1. The Bertz CT molecular complexity index is 549. The third-order valence-electron chi connectivity index (χ3n) is 2.83. The molecule has 6 radical (unpaired) electrons. The maximum absolute atomic E-state index is 11.6. The van der Waals surface area contributed by atoms with E-state index in [1.54, 1.807) is 6.92 Å². The lowest BCUT2D eigenvalue weighted by atomic mass is 9.61. The second kappa shape index (κ2) is 5.84. The van der Waals surface area contributed by atoms with Gasteiger partial charge in [-0.2, -0.15) is 0 Å². The lowest BCUT2D eigenvalue weighted by molar-refractivity contribution is -0.00684. The van der Waals surface area contributed by atoms with Crippen molar-refractivity contribution in [2.24, 2.45) is 0 Å². The average molecular weight is 258 g/mol. The molecule has 0 aliphatic carbocycles. The molecule has 1 aromatic rings. The van der Waals surface area contributed by atoms with E-state index in [0.717, 1.165) is 0 Å². The molecule has 0 aliphatic heterocycles. The van der Waals surface area contributed by atoms with E-state index in [1.165, 1.54) is 17.9 Å². The van der Waals surface area contributed by atoms with Crippen LogP contribution < -0.4 is 16.7 Å². The summed E-state index contributed by atoms with van der Waals surface area (Å²) in [4.78, 5) is 24.9. The van der Waals surface area contributed by atoms with Crippen LogP contribution in [0, 0.1) is 0 Å². The molecule has 1 rings (SSSR count). The minimum absolute atomic E-state index is 0.0869. The predicted octanol–water partition coefficient (Wildman–Crippen LogP) is -2.72. The molecule has 1 heterocycles. The minimum atomic E-state index is -2.03. The summed E-state index contributed by atoms with van der Waals surface area (Å²) in [6, 6.07) is -0.435. The molecular formula is C10H13B3N2O4. The molecule has 0 saturated carbocycles. The first kappa shape index (κ1) is 15.9. The summed E-state index contributed by atoms with van der Waals surface area (Å²) < 4.78 is 6.20. The summed E-state index contributed by atoms with van der Waals surface area (Å²) in [5, 5.41) is 7.47. The highest BCUT2D eigenvalue weighted by atomic mass is 16.5. The Morgan fingerprint density at radius 1 is 1.53 bits per heavy atom. The highest BCUT2D eigenvalue weighted by Crippen LogP contribution is 2.18. The number of ether oxygens (including phenoxy) is 1. The van der Waals surface area contributed by atoms with Crippen LogP contribution in [0.3, 0.4) is 0 Å². The Hall–Kier alpha value is -1.21. The molecule has 2 atom stereocenters. The van der Waals surface area contributed by atoms with Gasteiger partial charge in [0.2, 0.25) is 5.56 Å². The molecule has 2 unspecified atom stereocenters. The summed E-state index contributed by atoms with van der Waals surface area (Å²) in [6.45, 7) is 1.68. The van der Waals surface area contributed by atoms with Crippen molar-refractivity contribution in [3.8, 4) is 0 Å². The smallest absolute Gasteiger partial charge is 0.328 e. The minimum Gasteiger partial charge on any atom is -0.407 e. The number of H-pyrrole nitrogens is 1. The second-order valence-electron chi connectivity index (χ2n) is 4.45. The molecule has 0 spiro atoms. The number of methoxy groups -OCH3 is 1. The van der Waals surface area contributed by atoms with Crippen LogP contribution in [0.2, 0.25) is 0 Å². The lowest BCUT2D eigenvalue weighted by Gasteiger charge is -2.31. The number of nitrogens with one attached hydrogen (secondary N) is 1. The van der Waals surface area contributed by atoms with E-state index in [4.69, 9.17) is 28.3 Å². The van der Waals surface area contributed by atoms with Crippen molar-refractivity contribution in [3.05, 3.63) is 27.0 Å². The van der Waals surface area contributed by atoms with Crippen molar-refractivity contribution in [2.75, 3.05) is 7.11 Å². The fourth-order valence-electron chi connectivity index (χ4n) is 1.73. The highest BCUT2D eigenvalue weighted by molar-refractivity contribution is 6.39. The van der Waals surface area contributed by atoms with Crippen LogP contribution in [0.5, 0.6) is 0 Å². The normalized spacial score (nSPS) is 15.1. The van der Waals surface area contributed by atoms with Crippen LogP contribution >= 0.6 is 0 Å². The first-order chi connectivity index (χ1) is 8.66. The van der Waals surface area contributed by atoms with E-state index in [0.29, 0.717) is 0 Å². The molecule has 96 valence electrons. The molecule has 0 bridgehead atoms. The van der Waals surface area contributed by atoms with Crippen LogP contribution in [0.15, 0.2) is 15.8 Å². The molecule has 9 heteroatoms. The van der Waals surface area contributed by atoms with Gasteiger partial charge >= 0.3 is 5.69 Å². The molecule has 0 aliphatic rings. The van der Waals surface area contributed by atoms with Gasteiger partial charge in [0, 0.05) is 24.7 Å². The van der Waals surface area contributed by atoms with E-state index in [2.05, 4.69) is 4.98 Å². The molecule has 0 saturated heterocycles. The molecule has 1 aromatic heterocycles. The molecular weight excluding hydrogens is 245 g/mol.